The number of benzene rings is 3. The molecule has 20 heavy (non-hydrogen) atoms. The van der Waals surface area contributed by atoms with Gasteiger partial charge in [-0.05, 0) is 16.5 Å². The Kier molecular flexibility index (Phi) is 2.70. The van der Waals surface area contributed by atoms with Gasteiger partial charge in [-0.15, -0.1) is 0 Å². The first-order valence-corrected chi connectivity index (χ1v) is 7.11. The van der Waals surface area contributed by atoms with Crippen LogP contribution in [0.5, 0.6) is 5.75 Å². The predicted octanol–water partition coefficient (Wildman–Crippen LogP) is 4.39. The fourth-order valence-corrected chi connectivity index (χ4v) is 3.03. The van der Waals surface area contributed by atoms with Gasteiger partial charge in [0.2, 0.25) is 0 Å². The zero-order valence-corrected chi connectivity index (χ0v) is 11.3. The molecule has 0 aliphatic carbocycles. The van der Waals surface area contributed by atoms with Gasteiger partial charge < -0.3 is 4.74 Å². The van der Waals surface area contributed by atoms with Crippen molar-refractivity contribution < 1.29 is 4.74 Å². The Morgan fingerprint density at radius 1 is 0.850 bits per heavy atom. The van der Waals surface area contributed by atoms with Crippen LogP contribution in [-0.2, 0) is 12.8 Å². The number of hydrogen-bond acceptors (Lipinski definition) is 1. The number of rotatable bonds is 2. The number of ether oxygens (including phenoxy) is 1. The van der Waals surface area contributed by atoms with E-state index in [0.717, 1.165) is 18.6 Å². The molecule has 0 bridgehead atoms. The minimum absolute atomic E-state index is 0.262. The molecule has 0 saturated heterocycles. The van der Waals surface area contributed by atoms with Crippen molar-refractivity contribution in [2.75, 3.05) is 0 Å². The van der Waals surface area contributed by atoms with Gasteiger partial charge in [0.25, 0.3) is 0 Å². The van der Waals surface area contributed by atoms with Crippen molar-refractivity contribution >= 4 is 10.8 Å². The van der Waals surface area contributed by atoms with Gasteiger partial charge in [0, 0.05) is 18.2 Å². The van der Waals surface area contributed by atoms with Gasteiger partial charge in [-0.1, -0.05) is 66.7 Å². The molecule has 4 rings (SSSR count). The second-order valence-corrected chi connectivity index (χ2v) is 5.41. The lowest BCUT2D eigenvalue weighted by Crippen LogP contribution is -2.16. The van der Waals surface area contributed by atoms with Gasteiger partial charge in [0.15, 0.2) is 0 Å². The summed E-state index contributed by atoms with van der Waals surface area (Å²) >= 11 is 0. The third kappa shape index (κ3) is 1.96. The van der Waals surface area contributed by atoms with Crippen LogP contribution in [0.15, 0.2) is 66.7 Å². The van der Waals surface area contributed by atoms with Crippen LogP contribution >= 0.6 is 0 Å². The summed E-state index contributed by atoms with van der Waals surface area (Å²) in [6.45, 7) is 0. The first kappa shape index (κ1) is 11.5. The molecule has 0 N–H and O–H groups in total. The number of fused-ring (bicyclic) bond motifs is 3. The Balaban J connectivity index is 1.65. The van der Waals surface area contributed by atoms with Crippen LogP contribution in [0.4, 0.5) is 0 Å². The second kappa shape index (κ2) is 4.68. The zero-order chi connectivity index (χ0) is 13.4. The molecule has 1 nitrogen and oxygen atoms in total. The number of hydrogen-bond donors (Lipinski definition) is 0. The summed E-state index contributed by atoms with van der Waals surface area (Å²) in [4.78, 5) is 0. The summed E-state index contributed by atoms with van der Waals surface area (Å²) in [6, 6.07) is 23.4. The Hall–Kier alpha value is -2.28. The van der Waals surface area contributed by atoms with E-state index in [4.69, 9.17) is 4.74 Å². The third-order valence-electron chi connectivity index (χ3n) is 4.00. The third-order valence-corrected chi connectivity index (χ3v) is 4.00. The van der Waals surface area contributed by atoms with E-state index in [1.807, 2.05) is 0 Å². The summed E-state index contributed by atoms with van der Waals surface area (Å²) in [5.74, 6) is 1.09. The van der Waals surface area contributed by atoms with E-state index in [9.17, 15) is 0 Å². The van der Waals surface area contributed by atoms with Crippen LogP contribution in [0.25, 0.3) is 10.8 Å². The van der Waals surface area contributed by atoms with Crippen molar-refractivity contribution in [3.8, 4) is 5.75 Å². The minimum Gasteiger partial charge on any atom is -0.489 e. The monoisotopic (exact) mass is 260 g/mol. The van der Waals surface area contributed by atoms with Crippen molar-refractivity contribution in [3.05, 3.63) is 77.9 Å². The standard InChI is InChI=1S/C19H16O/c1-2-6-14(7-3-1)12-17-13-16-11-10-15-8-4-5-9-18(15)19(16)20-17/h1-11,17H,12-13H2. The molecule has 3 aromatic carbocycles. The highest BCUT2D eigenvalue weighted by atomic mass is 16.5. The zero-order valence-electron chi connectivity index (χ0n) is 11.3. The molecule has 1 atom stereocenters. The Labute approximate surface area is 118 Å². The fraction of sp³-hybridized carbons (Fsp3) is 0.158. The molecule has 1 unspecified atom stereocenters. The first-order valence-electron chi connectivity index (χ1n) is 7.11. The average Bonchev–Trinajstić information content (AvgIpc) is 2.91. The van der Waals surface area contributed by atoms with Crippen LogP contribution in [0.1, 0.15) is 11.1 Å². The molecule has 1 heterocycles. The Bertz CT molecular complexity index is 746. The quantitative estimate of drug-likeness (QED) is 0.664. The van der Waals surface area contributed by atoms with E-state index < -0.39 is 0 Å². The maximum atomic E-state index is 6.22. The van der Waals surface area contributed by atoms with E-state index in [1.54, 1.807) is 0 Å². The van der Waals surface area contributed by atoms with E-state index in [1.165, 1.54) is 21.9 Å². The highest BCUT2D eigenvalue weighted by Gasteiger charge is 2.24. The van der Waals surface area contributed by atoms with Crippen molar-refractivity contribution in [3.63, 3.8) is 0 Å². The van der Waals surface area contributed by atoms with Crippen molar-refractivity contribution in [1.82, 2.24) is 0 Å². The Morgan fingerprint density at radius 3 is 2.55 bits per heavy atom. The molecule has 0 aromatic heterocycles. The van der Waals surface area contributed by atoms with Crippen LogP contribution in [0.3, 0.4) is 0 Å². The maximum absolute atomic E-state index is 6.22. The van der Waals surface area contributed by atoms with Gasteiger partial charge >= 0.3 is 0 Å². The lowest BCUT2D eigenvalue weighted by atomic mass is 10.0. The molecule has 3 aromatic rings. The molecule has 0 saturated carbocycles. The van der Waals surface area contributed by atoms with Crippen LogP contribution in [0, 0.1) is 0 Å². The summed E-state index contributed by atoms with van der Waals surface area (Å²) < 4.78 is 6.22. The summed E-state index contributed by atoms with van der Waals surface area (Å²) in [5.41, 5.74) is 2.68. The SMILES string of the molecule is c1ccc(CC2Cc3ccc4ccccc4c3O2)cc1. The normalized spacial score (nSPS) is 16.9. The lowest BCUT2D eigenvalue weighted by Gasteiger charge is -2.11. The Morgan fingerprint density at radius 2 is 1.65 bits per heavy atom. The summed E-state index contributed by atoms with van der Waals surface area (Å²) in [5, 5.41) is 2.49. The van der Waals surface area contributed by atoms with Gasteiger partial charge in [-0.2, -0.15) is 0 Å². The molecular weight excluding hydrogens is 244 g/mol. The van der Waals surface area contributed by atoms with Gasteiger partial charge in [0.05, 0.1) is 0 Å². The van der Waals surface area contributed by atoms with Crippen molar-refractivity contribution in [1.29, 1.82) is 0 Å². The van der Waals surface area contributed by atoms with Crippen LogP contribution in [0.2, 0.25) is 0 Å². The topological polar surface area (TPSA) is 9.23 Å². The summed E-state index contributed by atoms with van der Waals surface area (Å²) in [7, 11) is 0. The predicted molar refractivity (Wildman–Crippen MR) is 82.2 cm³/mol. The highest BCUT2D eigenvalue weighted by Crippen LogP contribution is 2.36. The van der Waals surface area contributed by atoms with E-state index in [-0.39, 0.29) is 6.10 Å². The molecule has 98 valence electrons. The molecule has 1 heteroatoms. The van der Waals surface area contributed by atoms with Crippen LogP contribution in [-0.4, -0.2) is 6.10 Å². The molecule has 0 amide bonds. The van der Waals surface area contributed by atoms with Gasteiger partial charge in [0.1, 0.15) is 11.9 Å². The van der Waals surface area contributed by atoms with Crippen molar-refractivity contribution in [2.24, 2.45) is 0 Å². The second-order valence-electron chi connectivity index (χ2n) is 5.41. The molecule has 0 fully saturated rings. The molecule has 1 aliphatic heterocycles. The van der Waals surface area contributed by atoms with Crippen molar-refractivity contribution in [2.45, 2.75) is 18.9 Å². The van der Waals surface area contributed by atoms with Gasteiger partial charge in [-0.25, -0.2) is 0 Å². The smallest absolute Gasteiger partial charge is 0.130 e. The lowest BCUT2D eigenvalue weighted by molar-refractivity contribution is 0.235. The summed E-state index contributed by atoms with van der Waals surface area (Å²) in [6.07, 6.45) is 2.25. The van der Waals surface area contributed by atoms with Gasteiger partial charge in [-0.3, -0.25) is 0 Å². The van der Waals surface area contributed by atoms with E-state index in [2.05, 4.69) is 66.7 Å². The first-order chi connectivity index (χ1) is 9.90. The highest BCUT2D eigenvalue weighted by molar-refractivity contribution is 5.90. The van der Waals surface area contributed by atoms with E-state index >= 15 is 0 Å². The minimum atomic E-state index is 0.262. The molecular formula is C19H16O. The fourth-order valence-electron chi connectivity index (χ4n) is 3.03. The molecule has 0 spiro atoms. The molecule has 1 aliphatic rings. The van der Waals surface area contributed by atoms with E-state index in [0.29, 0.717) is 0 Å². The van der Waals surface area contributed by atoms with Crippen LogP contribution < -0.4 is 4.74 Å². The molecule has 0 radical (unpaired) electrons. The maximum Gasteiger partial charge on any atom is 0.130 e. The largest absolute Gasteiger partial charge is 0.489 e. The average molecular weight is 260 g/mol.